The molecule has 210 valence electrons. The highest BCUT2D eigenvalue weighted by Crippen LogP contribution is 2.30. The quantitative estimate of drug-likeness (QED) is 0.231. The Morgan fingerprint density at radius 3 is 2.37 bits per heavy atom. The van der Waals surface area contributed by atoms with E-state index >= 15 is 0 Å². The monoisotopic (exact) mass is 577 g/mol. The van der Waals surface area contributed by atoms with Crippen LogP contribution in [0, 0.1) is 6.92 Å². The van der Waals surface area contributed by atoms with Gasteiger partial charge in [0.05, 0.1) is 25.5 Å². The van der Waals surface area contributed by atoms with E-state index in [2.05, 4.69) is 15.4 Å². The molecule has 3 aromatic rings. The predicted molar refractivity (Wildman–Crippen MR) is 150 cm³/mol. The molecule has 0 bridgehead atoms. The summed E-state index contributed by atoms with van der Waals surface area (Å²) in [6, 6.07) is 14.3. The number of hydrogen-bond acceptors (Lipinski definition) is 8. The number of hydrogen-bond donors (Lipinski definition) is 2. The maximum Gasteiger partial charge on any atom is 0.337 e. The summed E-state index contributed by atoms with van der Waals surface area (Å²) in [5.41, 5.74) is 1.84. The van der Waals surface area contributed by atoms with Crippen LogP contribution in [-0.2, 0) is 19.1 Å². The fourth-order valence-electron chi connectivity index (χ4n) is 3.83. The average molecular weight is 578 g/mol. The predicted octanol–water partition coefficient (Wildman–Crippen LogP) is 4.13. The van der Waals surface area contributed by atoms with Crippen molar-refractivity contribution in [1.29, 1.82) is 0 Å². The summed E-state index contributed by atoms with van der Waals surface area (Å²) in [5, 5.41) is 5.34. The van der Waals surface area contributed by atoms with Crippen LogP contribution in [0.4, 0.5) is 16.2 Å². The van der Waals surface area contributed by atoms with E-state index in [1.54, 1.807) is 24.3 Å². The van der Waals surface area contributed by atoms with Gasteiger partial charge in [0.1, 0.15) is 5.57 Å². The molecule has 0 radical (unpaired) electrons. The topological polar surface area (TPSA) is 140 Å². The Bertz CT molecular complexity index is 1580. The third-order valence-corrected chi connectivity index (χ3v) is 6.37. The normalized spacial score (nSPS) is 14.0. The number of carbonyl (C=O) groups excluding carboxylic acids is 5. The molecule has 5 amide bonds. The standard InChI is InChI=1S/C29H24ClN3O8/c1-16-4-8-19(14-22(16)30)31-25(34)15-41-23-11-5-17(13-24(23)39-2)12-21-26(35)32-29(38)33(27(21)36)20-9-6-18(7-10-20)28(37)40-3/h4-14H,15H2,1-3H3,(H,31,34)(H,32,35,38)/b21-12-. The third kappa shape index (κ3) is 6.53. The summed E-state index contributed by atoms with van der Waals surface area (Å²) in [6.45, 7) is 1.52. The van der Waals surface area contributed by atoms with Crippen molar-refractivity contribution >= 4 is 58.8 Å². The summed E-state index contributed by atoms with van der Waals surface area (Å²) in [6.07, 6.45) is 1.29. The van der Waals surface area contributed by atoms with Crippen molar-refractivity contribution in [2.45, 2.75) is 6.92 Å². The molecule has 12 heteroatoms. The van der Waals surface area contributed by atoms with E-state index in [4.69, 9.17) is 21.1 Å². The van der Waals surface area contributed by atoms with E-state index in [1.165, 1.54) is 56.7 Å². The Balaban J connectivity index is 1.50. The van der Waals surface area contributed by atoms with Crippen LogP contribution >= 0.6 is 11.6 Å². The summed E-state index contributed by atoms with van der Waals surface area (Å²) in [5.74, 6) is -2.27. The largest absolute Gasteiger partial charge is 0.493 e. The molecule has 0 saturated carbocycles. The van der Waals surface area contributed by atoms with Gasteiger partial charge in [-0.15, -0.1) is 0 Å². The van der Waals surface area contributed by atoms with Gasteiger partial charge < -0.3 is 19.5 Å². The molecule has 3 aromatic carbocycles. The first kappa shape index (κ1) is 28.8. The maximum absolute atomic E-state index is 13.2. The Morgan fingerprint density at radius 2 is 1.71 bits per heavy atom. The summed E-state index contributed by atoms with van der Waals surface area (Å²) in [4.78, 5) is 63.1. The number of ether oxygens (including phenoxy) is 3. The minimum Gasteiger partial charge on any atom is -0.493 e. The highest BCUT2D eigenvalue weighted by Gasteiger charge is 2.37. The summed E-state index contributed by atoms with van der Waals surface area (Å²) >= 11 is 6.10. The number of barbiturate groups is 1. The number of rotatable bonds is 8. The van der Waals surface area contributed by atoms with Crippen LogP contribution in [0.1, 0.15) is 21.5 Å². The lowest BCUT2D eigenvalue weighted by Gasteiger charge is -2.26. The number of esters is 1. The van der Waals surface area contributed by atoms with Crippen molar-refractivity contribution in [2.75, 3.05) is 31.0 Å². The van der Waals surface area contributed by atoms with E-state index in [0.29, 0.717) is 16.3 Å². The van der Waals surface area contributed by atoms with Crippen LogP contribution in [0.5, 0.6) is 11.5 Å². The molecule has 0 spiro atoms. The molecule has 0 aromatic heterocycles. The van der Waals surface area contributed by atoms with Gasteiger partial charge in [-0.3, -0.25) is 19.7 Å². The van der Waals surface area contributed by atoms with Crippen molar-refractivity contribution in [2.24, 2.45) is 0 Å². The zero-order valence-corrected chi connectivity index (χ0v) is 22.9. The first-order chi connectivity index (χ1) is 19.6. The number of halogens is 1. The van der Waals surface area contributed by atoms with Crippen LogP contribution < -0.4 is 25.0 Å². The van der Waals surface area contributed by atoms with Crippen molar-refractivity contribution in [3.05, 3.63) is 87.9 Å². The molecule has 0 atom stereocenters. The van der Waals surface area contributed by atoms with E-state index in [1.807, 2.05) is 6.92 Å². The fraction of sp³-hybridized carbons (Fsp3) is 0.138. The van der Waals surface area contributed by atoms with Crippen LogP contribution in [0.2, 0.25) is 5.02 Å². The maximum atomic E-state index is 13.2. The fourth-order valence-corrected chi connectivity index (χ4v) is 4.01. The average Bonchev–Trinajstić information content (AvgIpc) is 2.96. The van der Waals surface area contributed by atoms with Gasteiger partial charge in [0.15, 0.2) is 18.1 Å². The van der Waals surface area contributed by atoms with Gasteiger partial charge in [-0.25, -0.2) is 14.5 Å². The first-order valence-electron chi connectivity index (χ1n) is 12.1. The van der Waals surface area contributed by atoms with Gasteiger partial charge in [0, 0.05) is 10.7 Å². The Hall–Kier alpha value is -5.16. The molecule has 1 heterocycles. The number of benzene rings is 3. The second-order valence-electron chi connectivity index (χ2n) is 8.71. The minimum absolute atomic E-state index is 0.145. The van der Waals surface area contributed by atoms with Crippen molar-refractivity contribution in [3.63, 3.8) is 0 Å². The van der Waals surface area contributed by atoms with E-state index in [9.17, 15) is 24.0 Å². The number of carbonyl (C=O) groups is 5. The second-order valence-corrected chi connectivity index (χ2v) is 9.11. The molecule has 0 aliphatic carbocycles. The van der Waals surface area contributed by atoms with Gasteiger partial charge in [-0.2, -0.15) is 0 Å². The highest BCUT2D eigenvalue weighted by atomic mass is 35.5. The molecular weight excluding hydrogens is 554 g/mol. The van der Waals surface area contributed by atoms with Crippen LogP contribution in [0.3, 0.4) is 0 Å². The third-order valence-electron chi connectivity index (χ3n) is 5.96. The number of imide groups is 2. The Kier molecular flexibility index (Phi) is 8.69. The van der Waals surface area contributed by atoms with Crippen molar-refractivity contribution in [3.8, 4) is 11.5 Å². The second kappa shape index (κ2) is 12.3. The Labute approximate surface area is 239 Å². The Morgan fingerprint density at radius 1 is 0.976 bits per heavy atom. The highest BCUT2D eigenvalue weighted by molar-refractivity contribution is 6.39. The lowest BCUT2D eigenvalue weighted by molar-refractivity contribution is -0.122. The number of nitrogens with one attached hydrogen (secondary N) is 2. The first-order valence-corrected chi connectivity index (χ1v) is 12.5. The molecule has 1 aliphatic heterocycles. The van der Waals surface area contributed by atoms with Gasteiger partial charge in [0.2, 0.25) is 0 Å². The summed E-state index contributed by atoms with van der Waals surface area (Å²) in [7, 11) is 2.62. The molecular formula is C29H24ClN3O8. The van der Waals surface area contributed by atoms with Crippen LogP contribution in [0.25, 0.3) is 6.08 Å². The van der Waals surface area contributed by atoms with Gasteiger partial charge in [-0.1, -0.05) is 23.7 Å². The molecule has 11 nitrogen and oxygen atoms in total. The molecule has 1 fully saturated rings. The van der Waals surface area contributed by atoms with E-state index in [-0.39, 0.29) is 34.9 Å². The van der Waals surface area contributed by atoms with E-state index < -0.39 is 29.7 Å². The zero-order chi connectivity index (χ0) is 29.7. The van der Waals surface area contributed by atoms with Crippen molar-refractivity contribution < 1.29 is 38.2 Å². The SMILES string of the molecule is COC(=O)c1ccc(N2C(=O)NC(=O)/C(=C/c3ccc(OCC(=O)Nc4ccc(C)c(Cl)c4)c(OC)c3)C2=O)cc1. The molecule has 1 aliphatic rings. The lowest BCUT2D eigenvalue weighted by atomic mass is 10.1. The number of amides is 5. The number of nitrogens with zero attached hydrogens (tertiary/aromatic N) is 1. The van der Waals surface area contributed by atoms with Crippen LogP contribution in [0.15, 0.2) is 66.2 Å². The summed E-state index contributed by atoms with van der Waals surface area (Å²) < 4.78 is 15.6. The number of urea groups is 1. The zero-order valence-electron chi connectivity index (χ0n) is 22.1. The lowest BCUT2D eigenvalue weighted by Crippen LogP contribution is -2.54. The van der Waals surface area contributed by atoms with Crippen LogP contribution in [-0.4, -0.2) is 50.5 Å². The molecule has 2 N–H and O–H groups in total. The van der Waals surface area contributed by atoms with Gasteiger partial charge >= 0.3 is 12.0 Å². The number of anilines is 2. The minimum atomic E-state index is -0.935. The van der Waals surface area contributed by atoms with Gasteiger partial charge in [-0.05, 0) is 72.7 Å². The van der Waals surface area contributed by atoms with E-state index in [0.717, 1.165) is 10.5 Å². The number of methoxy groups -OCH3 is 2. The van der Waals surface area contributed by atoms with Gasteiger partial charge in [0.25, 0.3) is 17.7 Å². The molecule has 1 saturated heterocycles. The smallest absolute Gasteiger partial charge is 0.337 e. The molecule has 4 rings (SSSR count). The van der Waals surface area contributed by atoms with Crippen molar-refractivity contribution in [1.82, 2.24) is 5.32 Å². The number of aryl methyl sites for hydroxylation is 1. The molecule has 41 heavy (non-hydrogen) atoms. The molecule has 0 unspecified atom stereocenters.